The highest BCUT2D eigenvalue weighted by molar-refractivity contribution is 7.86. The Labute approximate surface area is 170 Å². The zero-order chi connectivity index (χ0) is 20.3. The van der Waals surface area contributed by atoms with Gasteiger partial charge in [0.15, 0.2) is 0 Å². The van der Waals surface area contributed by atoms with Crippen molar-refractivity contribution in [1.82, 2.24) is 13.9 Å². The van der Waals surface area contributed by atoms with Crippen LogP contribution in [0.2, 0.25) is 0 Å². The van der Waals surface area contributed by atoms with Gasteiger partial charge in [-0.15, -0.1) is 11.3 Å². The predicted molar refractivity (Wildman–Crippen MR) is 112 cm³/mol. The summed E-state index contributed by atoms with van der Waals surface area (Å²) >= 11 is 1.41. The zero-order valence-corrected chi connectivity index (χ0v) is 17.9. The largest absolute Gasteiger partial charge is 0.395 e. The Kier molecular flexibility index (Phi) is 6.72. The van der Waals surface area contributed by atoms with Crippen molar-refractivity contribution in [2.45, 2.75) is 31.7 Å². The first-order valence-corrected chi connectivity index (χ1v) is 11.7. The number of carbonyl (C=O) groups is 1. The lowest BCUT2D eigenvalue weighted by molar-refractivity contribution is 0.0947. The second-order valence-electron chi connectivity index (χ2n) is 7.14. The number of nitrogens with one attached hydrogen (secondary N) is 1. The summed E-state index contributed by atoms with van der Waals surface area (Å²) < 4.78 is 29.4. The third kappa shape index (κ3) is 4.23. The summed E-state index contributed by atoms with van der Waals surface area (Å²) in [6.07, 6.45) is 3.09. The number of piperidine rings is 1. The molecule has 1 aliphatic heterocycles. The maximum absolute atomic E-state index is 12.8. The number of nitrogens with zero attached hydrogens (tertiary/aromatic N) is 2. The highest BCUT2D eigenvalue weighted by Crippen LogP contribution is 2.35. The van der Waals surface area contributed by atoms with Gasteiger partial charge in [0, 0.05) is 37.9 Å². The van der Waals surface area contributed by atoms with Gasteiger partial charge in [-0.1, -0.05) is 24.6 Å². The van der Waals surface area contributed by atoms with Gasteiger partial charge >= 0.3 is 0 Å². The number of aliphatic hydroxyl groups excluding tert-OH is 1. The number of thiophene rings is 1. The molecule has 0 spiro atoms. The Hall–Kier alpha value is -1.52. The molecule has 0 unspecified atom stereocenters. The molecule has 0 aliphatic carbocycles. The van der Waals surface area contributed by atoms with Gasteiger partial charge in [0.25, 0.3) is 16.1 Å². The van der Waals surface area contributed by atoms with Gasteiger partial charge in [-0.05, 0) is 36.3 Å². The van der Waals surface area contributed by atoms with E-state index in [-0.39, 0.29) is 25.1 Å². The van der Waals surface area contributed by atoms with Crippen molar-refractivity contribution in [3.63, 3.8) is 0 Å². The summed E-state index contributed by atoms with van der Waals surface area (Å²) in [5, 5.41) is 12.7. The fraction of sp³-hybridized carbons (Fsp3) is 0.526. The molecule has 154 valence electrons. The number of benzene rings is 1. The summed E-state index contributed by atoms with van der Waals surface area (Å²) in [4.78, 5) is 13.3. The van der Waals surface area contributed by atoms with E-state index in [1.54, 1.807) is 18.4 Å². The monoisotopic (exact) mass is 425 g/mol. The molecule has 1 fully saturated rings. The third-order valence-corrected chi connectivity index (χ3v) is 8.28. The van der Waals surface area contributed by atoms with Crippen LogP contribution in [-0.2, 0) is 16.6 Å². The van der Waals surface area contributed by atoms with Crippen molar-refractivity contribution < 1.29 is 18.3 Å². The van der Waals surface area contributed by atoms with E-state index in [4.69, 9.17) is 5.11 Å². The van der Waals surface area contributed by atoms with Gasteiger partial charge in [-0.3, -0.25) is 4.79 Å². The van der Waals surface area contributed by atoms with Gasteiger partial charge in [0.1, 0.15) is 0 Å². The van der Waals surface area contributed by atoms with E-state index < -0.39 is 10.2 Å². The molecular formula is C19H27N3O4S2. The van der Waals surface area contributed by atoms with Crippen molar-refractivity contribution in [2.24, 2.45) is 0 Å². The molecule has 1 aromatic heterocycles. The third-order valence-electron chi connectivity index (χ3n) is 5.07. The van der Waals surface area contributed by atoms with Crippen LogP contribution in [0.25, 0.3) is 10.1 Å². The highest BCUT2D eigenvalue weighted by atomic mass is 32.2. The summed E-state index contributed by atoms with van der Waals surface area (Å²) in [5.74, 6) is -0.219. The van der Waals surface area contributed by atoms with E-state index in [9.17, 15) is 13.2 Å². The molecule has 28 heavy (non-hydrogen) atoms. The first-order valence-electron chi connectivity index (χ1n) is 9.45. The summed E-state index contributed by atoms with van der Waals surface area (Å²) in [6.45, 7) is 0.569. The molecule has 0 radical (unpaired) electrons. The minimum atomic E-state index is -3.52. The van der Waals surface area contributed by atoms with Crippen molar-refractivity contribution in [3.8, 4) is 0 Å². The smallest absolute Gasteiger partial charge is 0.281 e. The molecule has 0 bridgehead atoms. The molecule has 9 heteroatoms. The van der Waals surface area contributed by atoms with E-state index in [1.807, 2.05) is 24.3 Å². The molecule has 7 nitrogen and oxygen atoms in total. The van der Waals surface area contributed by atoms with Gasteiger partial charge < -0.3 is 10.4 Å². The van der Waals surface area contributed by atoms with Crippen LogP contribution in [0, 0.1) is 0 Å². The number of carbonyl (C=O) groups excluding carboxylic acids is 1. The Morgan fingerprint density at radius 1 is 1.32 bits per heavy atom. The Balaban J connectivity index is 1.99. The highest BCUT2D eigenvalue weighted by Gasteiger charge is 2.35. The normalized spacial score (nSPS) is 18.6. The minimum absolute atomic E-state index is 0.122. The van der Waals surface area contributed by atoms with Crippen molar-refractivity contribution in [2.75, 3.05) is 33.8 Å². The van der Waals surface area contributed by atoms with E-state index in [1.165, 1.54) is 15.6 Å². The molecule has 1 aliphatic rings. The molecule has 3 rings (SSSR count). The maximum Gasteiger partial charge on any atom is 0.281 e. The van der Waals surface area contributed by atoms with Crippen molar-refractivity contribution >= 4 is 37.5 Å². The lowest BCUT2D eigenvalue weighted by Gasteiger charge is -2.36. The molecule has 1 amide bonds. The van der Waals surface area contributed by atoms with Crippen LogP contribution in [0.3, 0.4) is 0 Å². The van der Waals surface area contributed by atoms with Gasteiger partial charge in [-0.25, -0.2) is 0 Å². The van der Waals surface area contributed by atoms with Crippen LogP contribution in [0.15, 0.2) is 24.3 Å². The zero-order valence-electron chi connectivity index (χ0n) is 16.2. The summed E-state index contributed by atoms with van der Waals surface area (Å²) in [5.41, 5.74) is 0.891. The van der Waals surface area contributed by atoms with Crippen molar-refractivity contribution in [3.05, 3.63) is 34.7 Å². The van der Waals surface area contributed by atoms with Crippen LogP contribution in [-0.4, -0.2) is 67.9 Å². The lowest BCUT2D eigenvalue weighted by Crippen LogP contribution is -2.49. The molecule has 1 atom stereocenters. The van der Waals surface area contributed by atoms with Gasteiger partial charge in [0.05, 0.1) is 11.5 Å². The first-order chi connectivity index (χ1) is 13.4. The van der Waals surface area contributed by atoms with E-state index in [0.29, 0.717) is 17.8 Å². The Morgan fingerprint density at radius 3 is 2.79 bits per heavy atom. The molecule has 2 aromatic rings. The van der Waals surface area contributed by atoms with Crippen LogP contribution >= 0.6 is 11.3 Å². The maximum atomic E-state index is 12.8. The Morgan fingerprint density at radius 2 is 2.07 bits per heavy atom. The van der Waals surface area contributed by atoms with Crippen LogP contribution in [0.1, 0.15) is 34.5 Å². The first kappa shape index (κ1) is 21.2. The fourth-order valence-electron chi connectivity index (χ4n) is 3.66. The average Bonchev–Trinajstić information content (AvgIpc) is 3.05. The molecule has 2 N–H and O–H groups in total. The second kappa shape index (κ2) is 8.87. The summed E-state index contributed by atoms with van der Waals surface area (Å²) in [7, 11) is -0.416. The van der Waals surface area contributed by atoms with Gasteiger partial charge in [-0.2, -0.15) is 17.0 Å². The average molecular weight is 426 g/mol. The predicted octanol–water partition coefficient (Wildman–Crippen LogP) is 1.83. The van der Waals surface area contributed by atoms with Crippen LogP contribution in [0.5, 0.6) is 0 Å². The van der Waals surface area contributed by atoms with E-state index in [2.05, 4.69) is 5.32 Å². The molecular weight excluding hydrogens is 398 g/mol. The lowest BCUT2D eigenvalue weighted by atomic mass is 9.96. The number of fused-ring (bicyclic) bond motifs is 1. The van der Waals surface area contributed by atoms with Crippen LogP contribution < -0.4 is 5.32 Å². The van der Waals surface area contributed by atoms with E-state index >= 15 is 0 Å². The number of hydrogen-bond acceptors (Lipinski definition) is 5. The SMILES string of the molecule is CN(C)S(=O)(=O)N1CCCC[C@H]1Cc1c(C(=O)NCCO)sc2ccccc12. The van der Waals surface area contributed by atoms with E-state index in [0.717, 1.165) is 34.9 Å². The topological polar surface area (TPSA) is 90.0 Å². The van der Waals surface area contributed by atoms with Crippen LogP contribution in [0.4, 0.5) is 0 Å². The van der Waals surface area contributed by atoms with Gasteiger partial charge in [0.2, 0.25) is 0 Å². The summed E-state index contributed by atoms with van der Waals surface area (Å²) in [6, 6.07) is 7.65. The number of hydrogen-bond donors (Lipinski definition) is 2. The standard InChI is InChI=1S/C19H27N3O4S2/c1-21(2)28(25,26)22-11-6-5-7-14(22)13-16-15-8-3-4-9-17(15)27-18(16)19(24)20-10-12-23/h3-4,8-9,14,23H,5-7,10-13H2,1-2H3,(H,20,24)/t14-/m0/s1. The quantitative estimate of drug-likeness (QED) is 0.708. The molecule has 1 saturated heterocycles. The molecule has 0 saturated carbocycles. The molecule has 2 heterocycles. The molecule has 1 aromatic carbocycles. The number of rotatable bonds is 7. The minimum Gasteiger partial charge on any atom is -0.395 e. The second-order valence-corrected chi connectivity index (χ2v) is 10.3. The fourth-order valence-corrected chi connectivity index (χ4v) is 6.15. The number of amides is 1. The number of aliphatic hydroxyl groups is 1. The Bertz CT molecular complexity index is 940. The van der Waals surface area contributed by atoms with Crippen molar-refractivity contribution in [1.29, 1.82) is 0 Å².